The van der Waals surface area contributed by atoms with E-state index in [2.05, 4.69) is 10.5 Å². The highest BCUT2D eigenvalue weighted by molar-refractivity contribution is 6.10. The first-order chi connectivity index (χ1) is 7.71. The highest BCUT2D eigenvalue weighted by Crippen LogP contribution is 2.20. The van der Waals surface area contributed by atoms with Crippen LogP contribution in [0.2, 0.25) is 0 Å². The zero-order valence-corrected chi connectivity index (χ0v) is 8.36. The van der Waals surface area contributed by atoms with Gasteiger partial charge in [-0.2, -0.15) is 15.6 Å². The van der Waals surface area contributed by atoms with Crippen LogP contribution in [0.4, 0.5) is 10.1 Å². The molecule has 16 heavy (non-hydrogen) atoms. The molecule has 0 aliphatic rings. The summed E-state index contributed by atoms with van der Waals surface area (Å²) in [6, 6.07) is 7.09. The van der Waals surface area contributed by atoms with Crippen LogP contribution >= 0.6 is 0 Å². The molecule has 1 aromatic carbocycles. The number of ether oxygens (including phenoxy) is 1. The fourth-order valence-electron chi connectivity index (χ4n) is 0.908. The van der Waals surface area contributed by atoms with E-state index in [1.54, 1.807) is 12.1 Å². The normalized spacial score (nSPS) is 8.50. The average molecular weight is 218 g/mol. The predicted molar refractivity (Wildman–Crippen MR) is 55.2 cm³/mol. The summed E-state index contributed by atoms with van der Waals surface area (Å²) in [5.41, 5.74) is 1.92. The Labute approximate surface area is 91.4 Å². The highest BCUT2D eigenvalue weighted by Gasteiger charge is 2.03. The fraction of sp³-hybridized carbons (Fsp3) is 0.100. The quantitative estimate of drug-likeness (QED) is 0.617. The van der Waals surface area contributed by atoms with Crippen molar-refractivity contribution < 1.29 is 9.13 Å². The number of halogens is 1. The Morgan fingerprint density at radius 1 is 1.44 bits per heavy atom. The van der Waals surface area contributed by atoms with E-state index in [1.807, 2.05) is 0 Å². The number of hydrogen-bond acceptors (Lipinski definition) is 5. The number of hydrogen-bond donors (Lipinski definition) is 1. The molecular formula is C10H7FN4O. The van der Waals surface area contributed by atoms with Crippen LogP contribution in [0.25, 0.3) is 0 Å². The Balaban J connectivity index is 2.94. The minimum Gasteiger partial charge on any atom is -0.497 e. The monoisotopic (exact) mass is 218 g/mol. The fourth-order valence-corrected chi connectivity index (χ4v) is 0.908. The third kappa shape index (κ3) is 2.69. The minimum atomic E-state index is -0.556. The van der Waals surface area contributed by atoms with Crippen molar-refractivity contribution in [2.45, 2.75) is 0 Å². The lowest BCUT2D eigenvalue weighted by Gasteiger charge is -2.04. The Morgan fingerprint density at radius 3 is 2.69 bits per heavy atom. The number of anilines is 1. The molecule has 0 radical (unpaired) electrons. The van der Waals surface area contributed by atoms with Gasteiger partial charge in [-0.05, 0) is 12.1 Å². The number of methoxy groups -OCH3 is 1. The third-order valence-corrected chi connectivity index (χ3v) is 1.67. The molecule has 0 saturated heterocycles. The molecule has 0 spiro atoms. The molecule has 0 unspecified atom stereocenters. The SMILES string of the molecule is COc1ccc(F)c(NN=C(C#N)C#N)c1. The van der Waals surface area contributed by atoms with Gasteiger partial charge in [0, 0.05) is 6.07 Å². The Morgan fingerprint density at radius 2 is 2.12 bits per heavy atom. The lowest BCUT2D eigenvalue weighted by Crippen LogP contribution is -1.98. The van der Waals surface area contributed by atoms with Crippen LogP contribution in [0.3, 0.4) is 0 Å². The van der Waals surface area contributed by atoms with Gasteiger partial charge in [0.2, 0.25) is 5.71 Å². The van der Waals surface area contributed by atoms with Gasteiger partial charge in [-0.15, -0.1) is 0 Å². The predicted octanol–water partition coefficient (Wildman–Crippen LogP) is 1.65. The number of hydrazone groups is 1. The standard InChI is InChI=1S/C10H7FN4O/c1-16-8-2-3-9(11)10(4-8)15-14-7(5-12)6-13/h2-4,15H,1H3. The van der Waals surface area contributed by atoms with Crippen molar-refractivity contribution in [1.82, 2.24) is 0 Å². The van der Waals surface area contributed by atoms with Gasteiger partial charge in [0.15, 0.2) is 0 Å². The maximum atomic E-state index is 13.2. The molecular weight excluding hydrogens is 211 g/mol. The first kappa shape index (κ1) is 11.5. The van der Waals surface area contributed by atoms with Crippen molar-refractivity contribution in [3.05, 3.63) is 24.0 Å². The van der Waals surface area contributed by atoms with Gasteiger partial charge in [0.25, 0.3) is 0 Å². The van der Waals surface area contributed by atoms with E-state index in [-0.39, 0.29) is 11.4 Å². The summed E-state index contributed by atoms with van der Waals surface area (Å²) < 4.78 is 18.1. The van der Waals surface area contributed by atoms with E-state index in [9.17, 15) is 4.39 Å². The molecule has 0 fully saturated rings. The molecule has 1 aromatic rings. The minimum absolute atomic E-state index is 0.0300. The molecule has 0 aliphatic heterocycles. The van der Waals surface area contributed by atoms with E-state index in [1.165, 1.54) is 25.3 Å². The topological polar surface area (TPSA) is 81.2 Å². The number of nitrogens with one attached hydrogen (secondary N) is 1. The summed E-state index contributed by atoms with van der Waals surface area (Å²) in [6.45, 7) is 0. The molecule has 0 amide bonds. The second kappa shape index (κ2) is 5.32. The molecule has 0 atom stereocenters. The van der Waals surface area contributed by atoms with Crippen molar-refractivity contribution in [1.29, 1.82) is 10.5 Å². The van der Waals surface area contributed by atoms with Gasteiger partial charge in [-0.3, -0.25) is 5.43 Å². The molecule has 0 heterocycles. The first-order valence-corrected chi connectivity index (χ1v) is 4.18. The molecule has 5 nitrogen and oxygen atoms in total. The van der Waals surface area contributed by atoms with Crippen LogP contribution in [0, 0.1) is 28.5 Å². The number of rotatable bonds is 3. The molecule has 0 aromatic heterocycles. The maximum absolute atomic E-state index is 13.2. The molecule has 80 valence electrons. The van der Waals surface area contributed by atoms with E-state index in [4.69, 9.17) is 15.3 Å². The van der Waals surface area contributed by atoms with E-state index >= 15 is 0 Å². The summed E-state index contributed by atoms with van der Waals surface area (Å²) in [5.74, 6) is -0.116. The summed E-state index contributed by atoms with van der Waals surface area (Å²) in [7, 11) is 1.44. The molecule has 0 aliphatic carbocycles. The second-order valence-electron chi connectivity index (χ2n) is 2.64. The van der Waals surface area contributed by atoms with Gasteiger partial charge in [0.1, 0.15) is 23.7 Å². The third-order valence-electron chi connectivity index (χ3n) is 1.67. The molecule has 0 saturated carbocycles. The second-order valence-corrected chi connectivity index (χ2v) is 2.64. The van der Waals surface area contributed by atoms with Crippen LogP contribution in [0.1, 0.15) is 0 Å². The van der Waals surface area contributed by atoms with Crippen LogP contribution in [-0.2, 0) is 0 Å². The van der Waals surface area contributed by atoms with Crippen molar-refractivity contribution in [2.24, 2.45) is 5.10 Å². The zero-order valence-electron chi connectivity index (χ0n) is 8.36. The molecule has 0 bridgehead atoms. The van der Waals surface area contributed by atoms with E-state index < -0.39 is 5.82 Å². The van der Waals surface area contributed by atoms with E-state index in [0.29, 0.717) is 5.75 Å². The molecule has 6 heteroatoms. The van der Waals surface area contributed by atoms with E-state index in [0.717, 1.165) is 0 Å². The summed E-state index contributed by atoms with van der Waals surface area (Å²) in [5, 5.41) is 20.2. The van der Waals surface area contributed by atoms with Gasteiger partial charge >= 0.3 is 0 Å². The Hall–Kier alpha value is -2.60. The van der Waals surface area contributed by atoms with Crippen molar-refractivity contribution in [3.63, 3.8) is 0 Å². The maximum Gasteiger partial charge on any atom is 0.237 e. The van der Waals surface area contributed by atoms with Gasteiger partial charge in [-0.25, -0.2) is 4.39 Å². The Bertz CT molecular complexity index is 483. The van der Waals surface area contributed by atoms with Crippen LogP contribution < -0.4 is 10.2 Å². The molecule has 1 N–H and O–H groups in total. The lowest BCUT2D eigenvalue weighted by atomic mass is 10.3. The van der Waals surface area contributed by atoms with Crippen LogP contribution in [0.5, 0.6) is 5.75 Å². The van der Waals surface area contributed by atoms with Crippen molar-refractivity contribution in [2.75, 3.05) is 12.5 Å². The summed E-state index contributed by atoms with van der Waals surface area (Å²) >= 11 is 0. The van der Waals surface area contributed by atoms with Crippen LogP contribution in [0.15, 0.2) is 23.3 Å². The first-order valence-electron chi connectivity index (χ1n) is 4.18. The smallest absolute Gasteiger partial charge is 0.237 e. The van der Waals surface area contributed by atoms with Gasteiger partial charge < -0.3 is 4.74 Å². The van der Waals surface area contributed by atoms with Crippen LogP contribution in [-0.4, -0.2) is 12.8 Å². The Kier molecular flexibility index (Phi) is 3.82. The summed E-state index contributed by atoms with van der Waals surface area (Å²) in [4.78, 5) is 0. The number of nitriles is 2. The molecule has 1 rings (SSSR count). The summed E-state index contributed by atoms with van der Waals surface area (Å²) in [6.07, 6.45) is 0. The largest absolute Gasteiger partial charge is 0.497 e. The zero-order chi connectivity index (χ0) is 12.0. The highest BCUT2D eigenvalue weighted by atomic mass is 19.1. The average Bonchev–Trinajstić information content (AvgIpc) is 2.32. The number of benzene rings is 1. The number of nitrogens with zero attached hydrogens (tertiary/aromatic N) is 3. The lowest BCUT2D eigenvalue weighted by molar-refractivity contribution is 0.414. The van der Waals surface area contributed by atoms with Gasteiger partial charge in [0.05, 0.1) is 12.8 Å². The van der Waals surface area contributed by atoms with Crippen molar-refractivity contribution >= 4 is 11.4 Å². The van der Waals surface area contributed by atoms with Crippen molar-refractivity contribution in [3.8, 4) is 17.9 Å². The van der Waals surface area contributed by atoms with Gasteiger partial charge in [-0.1, -0.05) is 0 Å².